The van der Waals surface area contributed by atoms with Crippen LogP contribution in [0.1, 0.15) is 278 Å². The van der Waals surface area contributed by atoms with Crippen molar-refractivity contribution >= 4 is 60.9 Å². The van der Waals surface area contributed by atoms with E-state index in [2.05, 4.69) is 309 Å². The van der Waals surface area contributed by atoms with Gasteiger partial charge in [0, 0.05) is 65.8 Å². The first kappa shape index (κ1) is 77.8. The fourth-order valence-electron chi connectivity index (χ4n) is 23.5. The van der Waals surface area contributed by atoms with E-state index >= 15 is 0 Å². The van der Waals surface area contributed by atoms with Gasteiger partial charge in [0.1, 0.15) is 22.3 Å². The van der Waals surface area contributed by atoms with Crippen molar-refractivity contribution in [1.29, 1.82) is 0 Å². The largest absolute Gasteiger partial charge is 0.456 e. The van der Waals surface area contributed by atoms with Gasteiger partial charge in [0.05, 0.1) is 0 Å². The minimum Gasteiger partial charge on any atom is -0.456 e. The van der Waals surface area contributed by atoms with Crippen LogP contribution in [0.25, 0.3) is 133 Å². The fraction of sp³-hybridized carbons (Fsp3) is 0.333. The van der Waals surface area contributed by atoms with E-state index in [1.807, 2.05) is 0 Å². The summed E-state index contributed by atoms with van der Waals surface area (Å²) in [5.74, 6) is 0. The zero-order valence-electron chi connectivity index (χ0n) is 72.5. The molecule has 120 heavy (non-hydrogen) atoms. The number of para-hydroxylation sites is 2. The molecular weight excluding hydrogens is 1450 g/mol. The predicted octanol–water partition coefficient (Wildman–Crippen LogP) is 34.9. The first-order valence-electron chi connectivity index (χ1n) is 46.7. The molecule has 0 radical (unpaired) electrons. The summed E-state index contributed by atoms with van der Waals surface area (Å²) in [5, 5.41) is 4.88. The van der Waals surface area contributed by atoms with Crippen molar-refractivity contribution in [3.8, 4) is 89.0 Å². The predicted molar refractivity (Wildman–Crippen MR) is 511 cm³/mol. The third kappa shape index (κ3) is 13.1. The summed E-state index contributed by atoms with van der Waals surface area (Å²) in [4.78, 5) is 2.56. The van der Waals surface area contributed by atoms with Crippen LogP contribution in [0.4, 0.5) is 17.1 Å². The molecule has 0 aliphatic heterocycles. The smallest absolute Gasteiger partial charge is 0.143 e. The summed E-state index contributed by atoms with van der Waals surface area (Å²) in [6.07, 6.45) is 34.1. The van der Waals surface area contributed by atoms with E-state index in [1.54, 1.807) is 16.7 Å². The van der Waals surface area contributed by atoms with Gasteiger partial charge >= 0.3 is 0 Å². The monoisotopic (exact) mass is 1570 g/mol. The Labute approximate surface area is 713 Å². The molecule has 0 atom stereocenters. The minimum absolute atomic E-state index is 0.0285. The van der Waals surface area contributed by atoms with E-state index in [0.717, 1.165) is 56.8 Å². The van der Waals surface area contributed by atoms with Gasteiger partial charge in [0.15, 0.2) is 0 Å². The van der Waals surface area contributed by atoms with Crippen LogP contribution in [-0.4, -0.2) is 0 Å². The lowest BCUT2D eigenvalue weighted by Crippen LogP contribution is -2.25. The number of unbranched alkanes of at least 4 members (excludes halogenated alkanes) is 18. The summed E-state index contributed by atoms with van der Waals surface area (Å²) in [7, 11) is 0. The lowest BCUT2D eigenvalue weighted by Gasteiger charge is -2.33. The molecule has 13 aromatic carbocycles. The van der Waals surface area contributed by atoms with Gasteiger partial charge in [0.25, 0.3) is 0 Å². The highest BCUT2D eigenvalue weighted by Gasteiger charge is 2.47. The molecule has 0 unspecified atom stereocenters. The first-order valence-corrected chi connectivity index (χ1v) is 46.7. The molecule has 2 heterocycles. The quantitative estimate of drug-likeness (QED) is 0.0394. The summed E-state index contributed by atoms with van der Waals surface area (Å²) >= 11 is 0. The second-order valence-corrected chi connectivity index (χ2v) is 37.8. The molecule has 604 valence electrons. The topological polar surface area (TPSA) is 29.5 Å². The average Bonchev–Trinajstić information content (AvgIpc) is 1.53. The zero-order chi connectivity index (χ0) is 81.4. The van der Waals surface area contributed by atoms with Crippen molar-refractivity contribution < 1.29 is 8.83 Å². The van der Waals surface area contributed by atoms with Crippen LogP contribution in [0.3, 0.4) is 0 Å². The van der Waals surface area contributed by atoms with Gasteiger partial charge in [-0.3, -0.25) is 0 Å². The first-order chi connectivity index (χ1) is 58.8. The Balaban J connectivity index is 0.663. The van der Waals surface area contributed by atoms with Crippen molar-refractivity contribution in [3.63, 3.8) is 0 Å². The fourth-order valence-corrected chi connectivity index (χ4v) is 23.5. The van der Waals surface area contributed by atoms with Gasteiger partial charge < -0.3 is 13.7 Å². The lowest BCUT2D eigenvalue weighted by molar-refractivity contribution is 0.398. The Hall–Kier alpha value is -10.7. The molecule has 0 amide bonds. The molecule has 0 spiro atoms. The van der Waals surface area contributed by atoms with E-state index in [-0.39, 0.29) is 16.2 Å². The van der Waals surface area contributed by atoms with E-state index in [0.29, 0.717) is 0 Å². The summed E-state index contributed by atoms with van der Waals surface area (Å²) in [5.41, 5.74) is 42.1. The number of fused-ring (bicyclic) bond motifs is 23. The Morgan fingerprint density at radius 1 is 0.258 bits per heavy atom. The van der Waals surface area contributed by atoms with Gasteiger partial charge in [-0.05, 0) is 262 Å². The maximum atomic E-state index is 7.30. The third-order valence-electron chi connectivity index (χ3n) is 29.8. The summed E-state index contributed by atoms with van der Waals surface area (Å²) < 4.78 is 14.1. The number of rotatable bonds is 32. The normalized spacial score (nSPS) is 14.8. The Morgan fingerprint density at radius 3 is 1.37 bits per heavy atom. The van der Waals surface area contributed by atoms with Crippen molar-refractivity contribution in [3.05, 3.63) is 304 Å². The number of hydrogen-bond acceptors (Lipinski definition) is 3. The molecular formula is C117H119NO2. The molecule has 0 bridgehead atoms. The number of furan rings is 2. The maximum Gasteiger partial charge on any atom is 0.143 e. The molecule has 15 aromatic rings. The van der Waals surface area contributed by atoms with Gasteiger partial charge in [-0.2, -0.15) is 0 Å². The molecule has 5 aliphatic carbocycles. The number of anilines is 3. The average molecular weight is 1570 g/mol. The summed E-state index contributed by atoms with van der Waals surface area (Å²) in [6, 6.07) is 97.2. The maximum absolute atomic E-state index is 7.30. The van der Waals surface area contributed by atoms with E-state index in [1.165, 1.54) is 305 Å². The van der Waals surface area contributed by atoms with Crippen molar-refractivity contribution in [2.45, 2.75) is 250 Å². The zero-order valence-corrected chi connectivity index (χ0v) is 72.5. The minimum atomic E-state index is -0.391. The second-order valence-electron chi connectivity index (χ2n) is 37.8. The van der Waals surface area contributed by atoms with Crippen LogP contribution in [-0.2, 0) is 28.1 Å². The van der Waals surface area contributed by atoms with Crippen LogP contribution < -0.4 is 4.90 Å². The standard InChI is InChI=1S/C117H119NO2/c1-9-13-17-21-25-38-65-117(66-39-26-22-18-14-10-2)99-61-62-108-111(93-46-31-34-49-106(93)119-108)110(99)97-70-83-67-82-69-85(54-59-87(82)95(83)75-104(97)117)118(84-44-40-43-78(68-84)77-41-28-27-29-42-77)86-55-60-92-102(74-86)115(7,8)105-76-96(113-112(109(92)105)94-47-32-35-50-107(94)120-113)81-53-58-90-89-56-51-79(71-100(89)114(5,6)101(90)73-81)80-52-57-91-88-45-30-33-48-98(88)116(103(91)72-80,63-36-23-19-15-11-3)64-37-24-20-16-12-4/h27-35,40-62,68-76H,9-26,36-39,63-67H2,1-8H3. The van der Waals surface area contributed by atoms with Gasteiger partial charge in [-0.1, -0.05) is 354 Å². The highest BCUT2D eigenvalue weighted by atomic mass is 16.3. The SMILES string of the molecule is CCCCCCCCC1(CCCCCCCC)c2cc3c(cc2-c2c1ccc1oc4ccccc4c21)Cc1cc(N(c2cccc(-c4ccccc4)c2)c2ccc4c(c2)C(C)(C)c2cc(-c5ccc6c(c5)C(C)(C)c5cc(-c7ccc8c(c7)C(CCCCCCC)(CCCCCCC)c7ccccc7-8)ccc5-6)c5oc6ccccc6c5c2-4)ccc1-3. The van der Waals surface area contributed by atoms with Crippen molar-refractivity contribution in [2.75, 3.05) is 4.90 Å². The van der Waals surface area contributed by atoms with Gasteiger partial charge in [-0.15, -0.1) is 0 Å². The van der Waals surface area contributed by atoms with Gasteiger partial charge in [-0.25, -0.2) is 0 Å². The van der Waals surface area contributed by atoms with Crippen LogP contribution in [0.5, 0.6) is 0 Å². The van der Waals surface area contributed by atoms with Crippen LogP contribution in [0.2, 0.25) is 0 Å². The number of nitrogens with zero attached hydrogens (tertiary/aromatic N) is 1. The third-order valence-corrected chi connectivity index (χ3v) is 29.8. The second kappa shape index (κ2) is 32.0. The van der Waals surface area contributed by atoms with Crippen LogP contribution >= 0.6 is 0 Å². The van der Waals surface area contributed by atoms with Crippen molar-refractivity contribution in [1.82, 2.24) is 0 Å². The molecule has 2 aromatic heterocycles. The Kier molecular flexibility index (Phi) is 20.8. The summed E-state index contributed by atoms with van der Waals surface area (Å²) in [6.45, 7) is 19.2. The Morgan fingerprint density at radius 2 is 0.708 bits per heavy atom. The number of hydrogen-bond donors (Lipinski definition) is 0. The molecule has 0 fully saturated rings. The Bertz CT molecular complexity index is 6390. The molecule has 3 nitrogen and oxygen atoms in total. The molecule has 0 saturated heterocycles. The van der Waals surface area contributed by atoms with E-state index in [4.69, 9.17) is 8.83 Å². The molecule has 20 rings (SSSR count). The molecule has 0 N–H and O–H groups in total. The number of benzene rings is 13. The van der Waals surface area contributed by atoms with Crippen molar-refractivity contribution in [2.24, 2.45) is 0 Å². The highest BCUT2D eigenvalue weighted by Crippen LogP contribution is 2.63. The highest BCUT2D eigenvalue weighted by molar-refractivity contribution is 6.19. The van der Waals surface area contributed by atoms with Crippen LogP contribution in [0.15, 0.2) is 258 Å². The van der Waals surface area contributed by atoms with E-state index < -0.39 is 5.41 Å². The van der Waals surface area contributed by atoms with E-state index in [9.17, 15) is 0 Å². The molecule has 3 heteroatoms. The molecule has 0 saturated carbocycles. The lowest BCUT2D eigenvalue weighted by atomic mass is 9.70. The van der Waals surface area contributed by atoms with Crippen LogP contribution in [0, 0.1) is 0 Å². The van der Waals surface area contributed by atoms with Gasteiger partial charge in [0.2, 0.25) is 0 Å². The molecule has 5 aliphatic rings.